The van der Waals surface area contributed by atoms with Crippen molar-refractivity contribution in [3.63, 3.8) is 0 Å². The van der Waals surface area contributed by atoms with Gasteiger partial charge in [-0.1, -0.05) is 17.7 Å². The lowest BCUT2D eigenvalue weighted by Crippen LogP contribution is -2.35. The third kappa shape index (κ3) is 4.99. The van der Waals surface area contributed by atoms with Gasteiger partial charge in [0.2, 0.25) is 0 Å². The maximum atomic E-state index is 12.7. The van der Waals surface area contributed by atoms with Gasteiger partial charge in [0.25, 0.3) is 5.91 Å². The van der Waals surface area contributed by atoms with E-state index < -0.39 is 0 Å². The molecular weight excluding hydrogens is 350 g/mol. The molecule has 0 saturated heterocycles. The molecule has 0 spiro atoms. The molecule has 6 heteroatoms. The van der Waals surface area contributed by atoms with Gasteiger partial charge in [-0.15, -0.1) is 0 Å². The van der Waals surface area contributed by atoms with Crippen LogP contribution < -0.4 is 9.64 Å². The molecule has 0 atom stereocenters. The Balaban J connectivity index is 2.17. The molecule has 132 valence electrons. The van der Waals surface area contributed by atoms with Gasteiger partial charge in [-0.05, 0) is 55.3 Å². The van der Waals surface area contributed by atoms with Gasteiger partial charge in [-0.3, -0.25) is 4.79 Å². The number of hydrogen-bond donors (Lipinski definition) is 0. The molecule has 0 aliphatic heterocycles. The number of aryl methyl sites for hydroxylation is 2. The zero-order valence-corrected chi connectivity index (χ0v) is 15.4. The second-order valence-corrected chi connectivity index (χ2v) is 6.25. The van der Waals surface area contributed by atoms with E-state index in [1.54, 1.807) is 17.0 Å². The Morgan fingerprint density at radius 3 is 2.42 bits per heavy atom. The lowest BCUT2D eigenvalue weighted by atomic mass is 10.1. The van der Waals surface area contributed by atoms with Crippen LogP contribution >= 0.6 is 11.6 Å². The van der Waals surface area contributed by atoms with Gasteiger partial charge in [0.15, 0.2) is 6.61 Å². The van der Waals surface area contributed by atoms with E-state index in [9.17, 15) is 4.79 Å². The zero-order chi connectivity index (χ0) is 19.1. The fourth-order valence-electron chi connectivity index (χ4n) is 2.57. The molecule has 5 nitrogen and oxygen atoms in total. The van der Waals surface area contributed by atoms with Crippen LogP contribution in [-0.2, 0) is 4.79 Å². The number of anilines is 1. The van der Waals surface area contributed by atoms with E-state index in [0.717, 1.165) is 16.8 Å². The Morgan fingerprint density at radius 1 is 1.15 bits per heavy atom. The van der Waals surface area contributed by atoms with Crippen molar-refractivity contribution in [2.45, 2.75) is 20.3 Å². The van der Waals surface area contributed by atoms with Gasteiger partial charge in [0, 0.05) is 12.2 Å². The van der Waals surface area contributed by atoms with E-state index in [1.807, 2.05) is 38.1 Å². The molecule has 0 saturated carbocycles. The van der Waals surface area contributed by atoms with E-state index >= 15 is 0 Å². The topological polar surface area (TPSA) is 77.1 Å². The van der Waals surface area contributed by atoms with Crippen LogP contribution in [0.2, 0.25) is 5.02 Å². The molecule has 0 aromatic heterocycles. The average molecular weight is 368 g/mol. The molecule has 2 aromatic rings. The smallest absolute Gasteiger partial charge is 0.264 e. The number of carbonyl (C=O) groups is 1. The van der Waals surface area contributed by atoms with Crippen LogP contribution in [0.15, 0.2) is 36.4 Å². The summed E-state index contributed by atoms with van der Waals surface area (Å²) >= 11 is 6.07. The largest absolute Gasteiger partial charge is 0.482 e. The van der Waals surface area contributed by atoms with Crippen molar-refractivity contribution in [2.24, 2.45) is 0 Å². The summed E-state index contributed by atoms with van der Waals surface area (Å²) in [7, 11) is 0. The first-order valence-electron chi connectivity index (χ1n) is 8.02. The van der Waals surface area contributed by atoms with Crippen LogP contribution in [0.3, 0.4) is 0 Å². The molecule has 26 heavy (non-hydrogen) atoms. The Kier molecular flexibility index (Phi) is 6.60. The predicted molar refractivity (Wildman–Crippen MR) is 100 cm³/mol. The van der Waals surface area contributed by atoms with E-state index in [4.69, 9.17) is 26.9 Å². The Morgan fingerprint density at radius 2 is 1.85 bits per heavy atom. The highest BCUT2D eigenvalue weighted by atomic mass is 35.5. The van der Waals surface area contributed by atoms with Gasteiger partial charge < -0.3 is 9.64 Å². The number of carbonyl (C=O) groups excluding carboxylic acids is 1. The van der Waals surface area contributed by atoms with Crippen molar-refractivity contribution in [2.75, 3.05) is 18.1 Å². The molecule has 0 radical (unpaired) electrons. The number of nitriles is 2. The van der Waals surface area contributed by atoms with E-state index in [-0.39, 0.29) is 30.5 Å². The predicted octanol–water partition coefficient (Wildman–Crippen LogP) is 4.15. The first kappa shape index (κ1) is 19.3. The van der Waals surface area contributed by atoms with Crippen molar-refractivity contribution in [1.29, 1.82) is 10.5 Å². The standard InChI is InChI=1S/C20H18ClN3O2/c1-14-8-15(2)10-17(9-14)24(7-3-6-22)20(25)13-26-19-5-4-16(12-23)11-18(19)21/h4-5,8-11H,3,7,13H2,1-2H3. The Labute approximate surface area is 158 Å². The van der Waals surface area contributed by atoms with Crippen LogP contribution in [0, 0.1) is 36.5 Å². The summed E-state index contributed by atoms with van der Waals surface area (Å²) in [6, 6.07) is 14.5. The SMILES string of the molecule is Cc1cc(C)cc(N(CCC#N)C(=O)COc2ccc(C#N)cc2Cl)c1. The highest BCUT2D eigenvalue weighted by Gasteiger charge is 2.17. The highest BCUT2D eigenvalue weighted by Crippen LogP contribution is 2.26. The van der Waals surface area contributed by atoms with Gasteiger partial charge >= 0.3 is 0 Å². The summed E-state index contributed by atoms with van der Waals surface area (Å²) in [6.07, 6.45) is 0.219. The first-order chi connectivity index (χ1) is 12.4. The number of benzene rings is 2. The Bertz CT molecular complexity index is 877. The molecule has 2 aromatic carbocycles. The molecular formula is C20H18ClN3O2. The van der Waals surface area contributed by atoms with Crippen molar-refractivity contribution in [3.8, 4) is 17.9 Å². The minimum absolute atomic E-state index is 0.218. The monoisotopic (exact) mass is 367 g/mol. The van der Waals surface area contributed by atoms with Crippen LogP contribution in [0.4, 0.5) is 5.69 Å². The number of halogens is 1. The first-order valence-corrected chi connectivity index (χ1v) is 8.40. The molecule has 0 aliphatic carbocycles. The third-order valence-electron chi connectivity index (χ3n) is 3.68. The number of amides is 1. The van der Waals surface area contributed by atoms with Crippen molar-refractivity contribution >= 4 is 23.2 Å². The molecule has 0 N–H and O–H groups in total. The molecule has 2 rings (SSSR count). The maximum absolute atomic E-state index is 12.7. The molecule has 0 fully saturated rings. The van der Waals surface area contributed by atoms with Gasteiger partial charge in [0.05, 0.1) is 29.1 Å². The van der Waals surface area contributed by atoms with Crippen molar-refractivity contribution < 1.29 is 9.53 Å². The van der Waals surface area contributed by atoms with Crippen LogP contribution in [0.5, 0.6) is 5.75 Å². The summed E-state index contributed by atoms with van der Waals surface area (Å²) in [5, 5.41) is 18.0. The van der Waals surface area contributed by atoms with Gasteiger partial charge in [0.1, 0.15) is 5.75 Å². The Hall–Kier alpha value is -3.02. The molecule has 0 aliphatic rings. The van der Waals surface area contributed by atoms with E-state index in [0.29, 0.717) is 11.3 Å². The molecule has 0 bridgehead atoms. The highest BCUT2D eigenvalue weighted by molar-refractivity contribution is 6.32. The number of hydrogen-bond acceptors (Lipinski definition) is 4. The van der Waals surface area contributed by atoms with Crippen LogP contribution in [0.1, 0.15) is 23.1 Å². The molecule has 0 heterocycles. The molecule has 1 amide bonds. The molecule has 0 unspecified atom stereocenters. The lowest BCUT2D eigenvalue weighted by molar-refractivity contribution is -0.120. The maximum Gasteiger partial charge on any atom is 0.264 e. The second-order valence-electron chi connectivity index (χ2n) is 5.85. The fourth-order valence-corrected chi connectivity index (χ4v) is 2.81. The van der Waals surface area contributed by atoms with Crippen LogP contribution in [-0.4, -0.2) is 19.1 Å². The van der Waals surface area contributed by atoms with Crippen LogP contribution in [0.25, 0.3) is 0 Å². The minimum Gasteiger partial charge on any atom is -0.482 e. The quantitative estimate of drug-likeness (QED) is 0.768. The van der Waals surface area contributed by atoms with Gasteiger partial charge in [-0.2, -0.15) is 10.5 Å². The van der Waals surface area contributed by atoms with E-state index in [2.05, 4.69) is 6.07 Å². The lowest BCUT2D eigenvalue weighted by Gasteiger charge is -2.23. The third-order valence-corrected chi connectivity index (χ3v) is 3.97. The normalized spacial score (nSPS) is 9.88. The summed E-state index contributed by atoms with van der Waals surface area (Å²) in [5.41, 5.74) is 3.22. The number of rotatable bonds is 6. The summed E-state index contributed by atoms with van der Waals surface area (Å²) in [4.78, 5) is 14.2. The summed E-state index contributed by atoms with van der Waals surface area (Å²) in [6.45, 7) is 3.97. The summed E-state index contributed by atoms with van der Waals surface area (Å²) < 4.78 is 5.53. The second kappa shape index (κ2) is 8.89. The minimum atomic E-state index is -0.273. The zero-order valence-electron chi connectivity index (χ0n) is 14.6. The summed E-state index contributed by atoms with van der Waals surface area (Å²) in [5.74, 6) is 0.0605. The van der Waals surface area contributed by atoms with Crippen molar-refractivity contribution in [1.82, 2.24) is 0 Å². The number of ether oxygens (including phenoxy) is 1. The number of nitrogens with zero attached hydrogens (tertiary/aromatic N) is 3. The fraction of sp³-hybridized carbons (Fsp3) is 0.250. The average Bonchev–Trinajstić information content (AvgIpc) is 2.60. The van der Waals surface area contributed by atoms with Gasteiger partial charge in [-0.25, -0.2) is 0 Å². The van der Waals surface area contributed by atoms with E-state index in [1.165, 1.54) is 6.07 Å². The van der Waals surface area contributed by atoms with Crippen molar-refractivity contribution in [3.05, 3.63) is 58.1 Å².